The molecule has 0 atom stereocenters. The van der Waals surface area contributed by atoms with E-state index < -0.39 is 0 Å². The number of benzene rings is 1. The second-order valence-electron chi connectivity index (χ2n) is 2.40. The van der Waals surface area contributed by atoms with Crippen LogP contribution in [0.25, 0.3) is 0 Å². The first kappa shape index (κ1) is 8.37. The third-order valence-corrected chi connectivity index (χ3v) is 1.55. The van der Waals surface area contributed by atoms with E-state index in [2.05, 4.69) is 5.43 Å². The molecule has 0 radical (unpaired) electrons. The quantitative estimate of drug-likeness (QED) is 0.338. The predicted octanol–water partition coefficient (Wildman–Crippen LogP) is 0.620. The van der Waals surface area contributed by atoms with Crippen molar-refractivity contribution in [2.24, 2.45) is 5.84 Å². The van der Waals surface area contributed by atoms with E-state index in [1.807, 2.05) is 6.07 Å². The Bertz CT molecular complexity index is 313. The summed E-state index contributed by atoms with van der Waals surface area (Å²) in [6.45, 7) is 0. The summed E-state index contributed by atoms with van der Waals surface area (Å²) in [7, 11) is 0. The van der Waals surface area contributed by atoms with Crippen molar-refractivity contribution in [2.75, 3.05) is 11.2 Å². The molecule has 0 saturated heterocycles. The van der Waals surface area contributed by atoms with Crippen molar-refractivity contribution in [1.29, 1.82) is 5.26 Å². The van der Waals surface area contributed by atoms with Gasteiger partial charge in [0.15, 0.2) is 0 Å². The maximum Gasteiger partial charge on any atom is 0.0670 e. The molecule has 0 aliphatic rings. The highest BCUT2D eigenvalue weighted by atomic mass is 15.2. The van der Waals surface area contributed by atoms with Gasteiger partial charge in [-0.15, -0.1) is 0 Å². The number of nitriles is 1. The molecule has 0 fully saturated rings. The molecule has 1 aromatic carbocycles. The Morgan fingerprint density at radius 1 is 1.50 bits per heavy atom. The summed E-state index contributed by atoms with van der Waals surface area (Å²) >= 11 is 0. The van der Waals surface area contributed by atoms with E-state index in [0.717, 1.165) is 11.3 Å². The van der Waals surface area contributed by atoms with Crippen molar-refractivity contribution in [3.8, 4) is 6.07 Å². The lowest BCUT2D eigenvalue weighted by atomic mass is 10.1. The molecule has 5 N–H and O–H groups in total. The minimum Gasteiger partial charge on any atom is -0.399 e. The summed E-state index contributed by atoms with van der Waals surface area (Å²) < 4.78 is 0. The number of nitrogen functional groups attached to an aromatic ring is 2. The van der Waals surface area contributed by atoms with Crippen LogP contribution < -0.4 is 17.0 Å². The molecule has 62 valence electrons. The first-order valence-corrected chi connectivity index (χ1v) is 3.50. The van der Waals surface area contributed by atoms with Gasteiger partial charge in [-0.2, -0.15) is 5.26 Å². The maximum atomic E-state index is 8.47. The molecule has 12 heavy (non-hydrogen) atoms. The molecule has 0 bridgehead atoms. The van der Waals surface area contributed by atoms with Gasteiger partial charge in [0.2, 0.25) is 0 Å². The topological polar surface area (TPSA) is 87.9 Å². The van der Waals surface area contributed by atoms with Crippen molar-refractivity contribution < 1.29 is 0 Å². The minimum atomic E-state index is 0.310. The van der Waals surface area contributed by atoms with Crippen molar-refractivity contribution in [3.63, 3.8) is 0 Å². The molecule has 0 saturated carbocycles. The monoisotopic (exact) mass is 162 g/mol. The third-order valence-electron chi connectivity index (χ3n) is 1.55. The van der Waals surface area contributed by atoms with Gasteiger partial charge in [-0.1, -0.05) is 0 Å². The number of rotatable bonds is 2. The minimum absolute atomic E-state index is 0.310. The molecule has 0 aliphatic heterocycles. The molecule has 1 rings (SSSR count). The molecule has 0 unspecified atom stereocenters. The standard InChI is InChI=1S/C8H10N4/c9-4-3-6-5-7(10)1-2-8(6)12-11/h1-2,5,12H,3,10-11H2. The Morgan fingerprint density at radius 3 is 2.83 bits per heavy atom. The Kier molecular flexibility index (Phi) is 2.51. The Morgan fingerprint density at radius 2 is 2.25 bits per heavy atom. The summed E-state index contributed by atoms with van der Waals surface area (Å²) in [5, 5.41) is 8.47. The van der Waals surface area contributed by atoms with Gasteiger partial charge in [-0.25, -0.2) is 0 Å². The molecule has 4 nitrogen and oxygen atoms in total. The lowest BCUT2D eigenvalue weighted by Gasteiger charge is -2.05. The van der Waals surface area contributed by atoms with Crippen LogP contribution in [0.1, 0.15) is 5.56 Å². The average Bonchev–Trinajstić information content (AvgIpc) is 2.05. The summed E-state index contributed by atoms with van der Waals surface area (Å²) in [5.41, 5.74) is 10.2. The SMILES string of the molecule is N#CCc1cc(N)ccc1NN. The molecule has 0 aromatic heterocycles. The molecule has 0 heterocycles. The molecular formula is C8H10N4. The normalized spacial score (nSPS) is 9.00. The highest BCUT2D eigenvalue weighted by molar-refractivity contribution is 5.58. The summed E-state index contributed by atoms with van der Waals surface area (Å²) in [4.78, 5) is 0. The number of nitrogens with one attached hydrogen (secondary N) is 1. The highest BCUT2D eigenvalue weighted by Crippen LogP contribution is 2.17. The van der Waals surface area contributed by atoms with E-state index in [-0.39, 0.29) is 0 Å². The van der Waals surface area contributed by atoms with E-state index in [1.165, 1.54) is 0 Å². The van der Waals surface area contributed by atoms with Crippen LogP contribution in [0.5, 0.6) is 0 Å². The summed E-state index contributed by atoms with van der Waals surface area (Å²) in [6.07, 6.45) is 0.310. The molecule has 0 spiro atoms. The number of anilines is 2. The van der Waals surface area contributed by atoms with Gasteiger partial charge in [0, 0.05) is 5.69 Å². The zero-order valence-corrected chi connectivity index (χ0v) is 6.54. The Balaban J connectivity index is 3.05. The van der Waals surface area contributed by atoms with Crippen LogP contribution in [0.4, 0.5) is 11.4 Å². The van der Waals surface area contributed by atoms with Gasteiger partial charge in [-0.05, 0) is 23.8 Å². The number of hydrogen-bond acceptors (Lipinski definition) is 4. The number of hydrogen-bond donors (Lipinski definition) is 3. The molecule has 0 aliphatic carbocycles. The van der Waals surface area contributed by atoms with E-state index in [9.17, 15) is 0 Å². The van der Waals surface area contributed by atoms with Gasteiger partial charge in [0.1, 0.15) is 0 Å². The lowest BCUT2D eigenvalue weighted by Crippen LogP contribution is -2.09. The van der Waals surface area contributed by atoms with Gasteiger partial charge in [-0.3, -0.25) is 5.84 Å². The highest BCUT2D eigenvalue weighted by Gasteiger charge is 1.99. The largest absolute Gasteiger partial charge is 0.399 e. The average molecular weight is 162 g/mol. The molecule has 4 heteroatoms. The van der Waals surface area contributed by atoms with E-state index in [0.29, 0.717) is 12.1 Å². The van der Waals surface area contributed by atoms with Crippen molar-refractivity contribution in [3.05, 3.63) is 23.8 Å². The van der Waals surface area contributed by atoms with Crippen LogP contribution >= 0.6 is 0 Å². The smallest absolute Gasteiger partial charge is 0.0670 e. The second-order valence-corrected chi connectivity index (χ2v) is 2.40. The first-order valence-electron chi connectivity index (χ1n) is 3.50. The number of nitrogens with two attached hydrogens (primary N) is 2. The fourth-order valence-corrected chi connectivity index (χ4v) is 0.986. The number of nitrogens with zero attached hydrogens (tertiary/aromatic N) is 1. The van der Waals surface area contributed by atoms with E-state index in [1.54, 1.807) is 18.2 Å². The fraction of sp³-hybridized carbons (Fsp3) is 0.125. The Hall–Kier alpha value is -1.73. The van der Waals surface area contributed by atoms with Crippen molar-refractivity contribution in [1.82, 2.24) is 0 Å². The summed E-state index contributed by atoms with van der Waals surface area (Å²) in [5.74, 6) is 5.23. The number of hydrazine groups is 1. The zero-order valence-electron chi connectivity index (χ0n) is 6.54. The first-order chi connectivity index (χ1) is 5.77. The van der Waals surface area contributed by atoms with Gasteiger partial charge >= 0.3 is 0 Å². The van der Waals surface area contributed by atoms with Gasteiger partial charge in [0.05, 0.1) is 18.2 Å². The van der Waals surface area contributed by atoms with Crippen molar-refractivity contribution >= 4 is 11.4 Å². The maximum absolute atomic E-state index is 8.47. The molecule has 1 aromatic rings. The van der Waals surface area contributed by atoms with Gasteiger partial charge in [0.25, 0.3) is 0 Å². The van der Waals surface area contributed by atoms with Crippen LogP contribution in [0.3, 0.4) is 0 Å². The van der Waals surface area contributed by atoms with Crippen LogP contribution in [0.2, 0.25) is 0 Å². The zero-order chi connectivity index (χ0) is 8.97. The van der Waals surface area contributed by atoms with Crippen LogP contribution in [0.15, 0.2) is 18.2 Å². The lowest BCUT2D eigenvalue weighted by molar-refractivity contribution is 1.23. The molecular weight excluding hydrogens is 152 g/mol. The van der Waals surface area contributed by atoms with Crippen LogP contribution in [-0.4, -0.2) is 0 Å². The Labute approximate surface area is 70.8 Å². The second kappa shape index (κ2) is 3.60. The fourth-order valence-electron chi connectivity index (χ4n) is 0.986. The van der Waals surface area contributed by atoms with Crippen molar-refractivity contribution in [2.45, 2.75) is 6.42 Å². The van der Waals surface area contributed by atoms with E-state index >= 15 is 0 Å². The predicted molar refractivity (Wildman–Crippen MR) is 48.0 cm³/mol. The van der Waals surface area contributed by atoms with Gasteiger partial charge < -0.3 is 11.2 Å². The summed E-state index contributed by atoms with van der Waals surface area (Å²) in [6, 6.07) is 7.25. The molecule has 0 amide bonds. The van der Waals surface area contributed by atoms with Crippen LogP contribution in [-0.2, 0) is 6.42 Å². The third kappa shape index (κ3) is 1.65. The van der Waals surface area contributed by atoms with E-state index in [4.69, 9.17) is 16.8 Å². The van der Waals surface area contributed by atoms with Crippen LogP contribution in [0, 0.1) is 11.3 Å².